The molecular formula is C13H18IN5. The van der Waals surface area contributed by atoms with Gasteiger partial charge in [-0.15, -0.1) is 0 Å². The molecule has 6 heteroatoms. The van der Waals surface area contributed by atoms with Gasteiger partial charge in [0.1, 0.15) is 17.8 Å². The molecule has 3 heterocycles. The molecule has 1 aliphatic rings. The molecule has 19 heavy (non-hydrogen) atoms. The lowest BCUT2D eigenvalue weighted by molar-refractivity contribution is 0.0219. The van der Waals surface area contributed by atoms with Crippen molar-refractivity contribution in [3.63, 3.8) is 0 Å². The molecule has 1 saturated heterocycles. The van der Waals surface area contributed by atoms with E-state index in [9.17, 15) is 0 Å². The molecule has 3 rings (SSSR count). The highest BCUT2D eigenvalue weighted by atomic mass is 127. The highest BCUT2D eigenvalue weighted by molar-refractivity contribution is 14.1. The van der Waals surface area contributed by atoms with Crippen LogP contribution in [0.15, 0.2) is 12.5 Å². The van der Waals surface area contributed by atoms with E-state index in [1.54, 1.807) is 6.33 Å². The van der Waals surface area contributed by atoms with Gasteiger partial charge in [0.25, 0.3) is 0 Å². The van der Waals surface area contributed by atoms with Crippen molar-refractivity contribution in [2.24, 2.45) is 0 Å². The molecule has 2 aromatic rings. The molecule has 2 aromatic heterocycles. The van der Waals surface area contributed by atoms with Crippen LogP contribution in [-0.2, 0) is 0 Å². The van der Waals surface area contributed by atoms with Crippen LogP contribution in [0.25, 0.3) is 11.0 Å². The van der Waals surface area contributed by atoms with Gasteiger partial charge < -0.3 is 10.3 Å². The second kappa shape index (κ2) is 4.31. The van der Waals surface area contributed by atoms with Crippen molar-refractivity contribution in [3.8, 4) is 0 Å². The van der Waals surface area contributed by atoms with E-state index >= 15 is 0 Å². The van der Waals surface area contributed by atoms with E-state index in [4.69, 9.17) is 5.73 Å². The van der Waals surface area contributed by atoms with Crippen molar-refractivity contribution in [2.75, 3.05) is 18.8 Å². The number of likely N-dealkylation sites (tertiary alicyclic amines) is 1. The van der Waals surface area contributed by atoms with E-state index in [-0.39, 0.29) is 5.54 Å². The van der Waals surface area contributed by atoms with Crippen LogP contribution in [0, 0.1) is 3.57 Å². The maximum Gasteiger partial charge on any atom is 0.146 e. The number of nitrogens with two attached hydrogens (primary N) is 1. The molecule has 0 radical (unpaired) electrons. The molecule has 0 atom stereocenters. The predicted molar refractivity (Wildman–Crippen MR) is 85.0 cm³/mol. The molecule has 2 N–H and O–H groups in total. The van der Waals surface area contributed by atoms with Gasteiger partial charge in [-0.05, 0) is 43.4 Å². The van der Waals surface area contributed by atoms with Crippen molar-refractivity contribution in [2.45, 2.75) is 32.4 Å². The number of rotatable bonds is 1. The number of anilines is 1. The number of hydrogen-bond acceptors (Lipinski definition) is 4. The zero-order chi connectivity index (χ0) is 13.8. The Hall–Kier alpha value is -0.890. The Morgan fingerprint density at radius 2 is 2.00 bits per heavy atom. The van der Waals surface area contributed by atoms with Gasteiger partial charge in [0.05, 0.1) is 11.4 Å². The summed E-state index contributed by atoms with van der Waals surface area (Å²) in [4.78, 5) is 11.0. The summed E-state index contributed by atoms with van der Waals surface area (Å²) in [6, 6.07) is 0.486. The van der Waals surface area contributed by atoms with Crippen LogP contribution in [0.3, 0.4) is 0 Å². The molecule has 0 saturated carbocycles. The van der Waals surface area contributed by atoms with Crippen LogP contribution in [0.1, 0.15) is 26.8 Å². The van der Waals surface area contributed by atoms with E-state index < -0.39 is 0 Å². The fraction of sp³-hybridized carbons (Fsp3) is 0.538. The first-order valence-corrected chi connectivity index (χ1v) is 7.47. The van der Waals surface area contributed by atoms with Crippen LogP contribution in [0.5, 0.6) is 0 Å². The first kappa shape index (κ1) is 13.1. The summed E-state index contributed by atoms with van der Waals surface area (Å²) in [7, 11) is 0. The largest absolute Gasteiger partial charge is 0.383 e. The van der Waals surface area contributed by atoms with E-state index in [0.717, 1.165) is 27.7 Å². The summed E-state index contributed by atoms with van der Waals surface area (Å²) in [5.74, 6) is 0.570. The fourth-order valence-corrected chi connectivity index (χ4v) is 3.34. The number of fused-ring (bicyclic) bond motifs is 1. The molecule has 102 valence electrons. The summed E-state index contributed by atoms with van der Waals surface area (Å²) >= 11 is 2.31. The maximum atomic E-state index is 5.95. The Morgan fingerprint density at radius 1 is 1.32 bits per heavy atom. The smallest absolute Gasteiger partial charge is 0.146 e. The molecule has 1 aliphatic heterocycles. The van der Waals surface area contributed by atoms with Gasteiger partial charge in [-0.25, -0.2) is 9.97 Å². The van der Waals surface area contributed by atoms with Crippen LogP contribution in [-0.4, -0.2) is 38.1 Å². The third-order valence-corrected chi connectivity index (χ3v) is 4.61. The minimum atomic E-state index is 0.237. The van der Waals surface area contributed by atoms with Crippen LogP contribution in [0.2, 0.25) is 0 Å². The van der Waals surface area contributed by atoms with E-state index in [2.05, 4.69) is 69.0 Å². The topological polar surface area (TPSA) is 60.0 Å². The van der Waals surface area contributed by atoms with E-state index in [0.29, 0.717) is 11.9 Å². The number of nitrogen functional groups attached to an aromatic ring is 1. The fourth-order valence-electron chi connectivity index (χ4n) is 2.52. The van der Waals surface area contributed by atoms with Gasteiger partial charge in [-0.2, -0.15) is 0 Å². The number of aromatic nitrogens is 3. The Morgan fingerprint density at radius 3 is 2.63 bits per heavy atom. The highest BCUT2D eigenvalue weighted by Crippen LogP contribution is 2.33. The third-order valence-electron chi connectivity index (χ3n) is 3.80. The van der Waals surface area contributed by atoms with Crippen molar-refractivity contribution in [1.82, 2.24) is 19.4 Å². The van der Waals surface area contributed by atoms with Crippen LogP contribution < -0.4 is 5.73 Å². The van der Waals surface area contributed by atoms with E-state index in [1.807, 2.05) is 0 Å². The first-order chi connectivity index (χ1) is 8.88. The van der Waals surface area contributed by atoms with Crippen molar-refractivity contribution in [3.05, 3.63) is 16.1 Å². The first-order valence-electron chi connectivity index (χ1n) is 6.39. The van der Waals surface area contributed by atoms with E-state index in [1.165, 1.54) is 0 Å². The average Bonchev–Trinajstić information content (AvgIpc) is 2.53. The number of hydrogen-bond donors (Lipinski definition) is 1. The van der Waals surface area contributed by atoms with Crippen molar-refractivity contribution < 1.29 is 0 Å². The third kappa shape index (κ3) is 2.10. The second-order valence-corrected chi connectivity index (χ2v) is 7.23. The van der Waals surface area contributed by atoms with Gasteiger partial charge in [0.2, 0.25) is 0 Å². The zero-order valence-electron chi connectivity index (χ0n) is 11.4. The normalized spacial score (nSPS) is 17.9. The maximum absolute atomic E-state index is 5.95. The summed E-state index contributed by atoms with van der Waals surface area (Å²) in [6.45, 7) is 8.88. The number of nitrogens with zero attached hydrogens (tertiary/aromatic N) is 4. The lowest BCUT2D eigenvalue weighted by Crippen LogP contribution is -2.56. The Kier molecular flexibility index (Phi) is 2.97. The second-order valence-electron chi connectivity index (χ2n) is 6.07. The average molecular weight is 371 g/mol. The van der Waals surface area contributed by atoms with Gasteiger partial charge in [0.15, 0.2) is 0 Å². The Labute approximate surface area is 126 Å². The predicted octanol–water partition coefficient (Wildman–Crippen LogP) is 2.27. The lowest BCUT2D eigenvalue weighted by atomic mass is 9.97. The molecule has 1 fully saturated rings. The molecule has 0 amide bonds. The molecule has 5 nitrogen and oxygen atoms in total. The molecule has 0 aliphatic carbocycles. The minimum absolute atomic E-state index is 0.237. The van der Waals surface area contributed by atoms with Gasteiger partial charge in [0, 0.05) is 28.4 Å². The Balaban J connectivity index is 1.94. The van der Waals surface area contributed by atoms with Gasteiger partial charge >= 0.3 is 0 Å². The quantitative estimate of drug-likeness (QED) is 0.782. The van der Waals surface area contributed by atoms with Crippen molar-refractivity contribution in [1.29, 1.82) is 0 Å². The SMILES string of the molecule is CC(C)(C)N1CC(n2cc(I)c3c(N)ncnc32)C1. The van der Waals surface area contributed by atoms with Gasteiger partial charge in [-0.1, -0.05) is 0 Å². The number of halogens is 1. The highest BCUT2D eigenvalue weighted by Gasteiger charge is 2.36. The molecule has 0 unspecified atom stereocenters. The van der Waals surface area contributed by atoms with Crippen LogP contribution in [0.4, 0.5) is 5.82 Å². The van der Waals surface area contributed by atoms with Gasteiger partial charge in [-0.3, -0.25) is 4.90 Å². The molecule has 0 aromatic carbocycles. The summed E-state index contributed by atoms with van der Waals surface area (Å²) in [5.41, 5.74) is 7.14. The standard InChI is InChI=1S/C13H18IN5/c1-13(2,3)18-4-8(5-18)19-6-9(14)10-11(15)16-7-17-12(10)19/h6-8H,4-5H2,1-3H3,(H2,15,16,17). The molecular weight excluding hydrogens is 353 g/mol. The zero-order valence-corrected chi connectivity index (χ0v) is 13.5. The minimum Gasteiger partial charge on any atom is -0.383 e. The summed E-state index contributed by atoms with van der Waals surface area (Å²) in [5, 5.41) is 0.984. The van der Waals surface area contributed by atoms with Crippen molar-refractivity contribution >= 4 is 39.4 Å². The summed E-state index contributed by atoms with van der Waals surface area (Å²) < 4.78 is 3.37. The molecule has 0 spiro atoms. The molecule has 0 bridgehead atoms. The monoisotopic (exact) mass is 371 g/mol. The Bertz CT molecular complexity index is 622. The van der Waals surface area contributed by atoms with Crippen LogP contribution >= 0.6 is 22.6 Å². The lowest BCUT2D eigenvalue weighted by Gasteiger charge is -2.48. The summed E-state index contributed by atoms with van der Waals surface area (Å²) in [6.07, 6.45) is 3.69.